The van der Waals surface area contributed by atoms with Crippen LogP contribution >= 0.6 is 0 Å². The predicted molar refractivity (Wildman–Crippen MR) is 67.5 cm³/mol. The first kappa shape index (κ1) is 10.9. The number of benzene rings is 1. The van der Waals surface area contributed by atoms with Gasteiger partial charge in [-0.25, -0.2) is 0 Å². The third-order valence-electron chi connectivity index (χ3n) is 3.12. The molecule has 3 heteroatoms. The highest BCUT2D eigenvalue weighted by molar-refractivity contribution is 6.08. The standard InChI is InChI=1S/C13H17N3/c1-9-13-3-2-10(12(7-14)8-15)6-11(13)4-5-16-9/h2-3,6-9,14,16H,4-5,15H2,1H3/b12-8+,14-7?. The van der Waals surface area contributed by atoms with E-state index in [0.29, 0.717) is 6.04 Å². The van der Waals surface area contributed by atoms with E-state index in [0.717, 1.165) is 24.1 Å². The summed E-state index contributed by atoms with van der Waals surface area (Å²) in [4.78, 5) is 0. The van der Waals surface area contributed by atoms with Crippen LogP contribution in [0.3, 0.4) is 0 Å². The van der Waals surface area contributed by atoms with Gasteiger partial charge in [0, 0.05) is 24.0 Å². The molecule has 1 aliphatic heterocycles. The van der Waals surface area contributed by atoms with Gasteiger partial charge in [-0.3, -0.25) is 0 Å². The molecule has 0 fully saturated rings. The van der Waals surface area contributed by atoms with Crippen molar-refractivity contribution >= 4 is 11.8 Å². The van der Waals surface area contributed by atoms with Gasteiger partial charge in [0.2, 0.25) is 0 Å². The minimum Gasteiger partial charge on any atom is -0.404 e. The van der Waals surface area contributed by atoms with Crippen molar-refractivity contribution in [1.29, 1.82) is 5.41 Å². The highest BCUT2D eigenvalue weighted by atomic mass is 14.9. The smallest absolute Gasteiger partial charge is 0.0294 e. The summed E-state index contributed by atoms with van der Waals surface area (Å²) in [5, 5.41) is 10.7. The van der Waals surface area contributed by atoms with E-state index in [9.17, 15) is 0 Å². The first-order chi connectivity index (χ1) is 7.76. The molecular weight excluding hydrogens is 198 g/mol. The van der Waals surface area contributed by atoms with Gasteiger partial charge in [-0.2, -0.15) is 0 Å². The molecule has 84 valence electrons. The number of hydrogen-bond acceptors (Lipinski definition) is 3. The van der Waals surface area contributed by atoms with E-state index in [1.807, 2.05) is 6.07 Å². The maximum atomic E-state index is 7.29. The normalized spacial score (nSPS) is 20.3. The summed E-state index contributed by atoms with van der Waals surface area (Å²) in [6.07, 6.45) is 3.83. The van der Waals surface area contributed by atoms with Crippen molar-refractivity contribution in [2.45, 2.75) is 19.4 Å². The quantitative estimate of drug-likeness (QED) is 0.659. The first-order valence-corrected chi connectivity index (χ1v) is 5.55. The maximum absolute atomic E-state index is 7.29. The number of allylic oxidation sites excluding steroid dienone is 1. The van der Waals surface area contributed by atoms with Gasteiger partial charge in [-0.1, -0.05) is 18.2 Å². The van der Waals surface area contributed by atoms with Crippen molar-refractivity contribution in [3.05, 3.63) is 41.1 Å². The Labute approximate surface area is 95.9 Å². The number of rotatable bonds is 2. The Bertz CT molecular complexity index is 435. The van der Waals surface area contributed by atoms with E-state index < -0.39 is 0 Å². The van der Waals surface area contributed by atoms with Crippen molar-refractivity contribution in [2.75, 3.05) is 6.54 Å². The van der Waals surface area contributed by atoms with E-state index in [4.69, 9.17) is 11.1 Å². The molecule has 4 N–H and O–H groups in total. The van der Waals surface area contributed by atoms with E-state index >= 15 is 0 Å². The van der Waals surface area contributed by atoms with E-state index in [1.54, 1.807) is 0 Å². The second-order valence-corrected chi connectivity index (χ2v) is 4.11. The van der Waals surface area contributed by atoms with Gasteiger partial charge >= 0.3 is 0 Å². The Morgan fingerprint density at radius 1 is 1.56 bits per heavy atom. The predicted octanol–water partition coefficient (Wildman–Crippen LogP) is 1.84. The molecular formula is C13H17N3. The minimum absolute atomic E-state index is 0.420. The van der Waals surface area contributed by atoms with E-state index in [2.05, 4.69) is 24.4 Å². The Morgan fingerprint density at radius 2 is 2.38 bits per heavy atom. The second kappa shape index (κ2) is 4.49. The molecule has 3 nitrogen and oxygen atoms in total. The van der Waals surface area contributed by atoms with Crippen molar-refractivity contribution in [2.24, 2.45) is 5.73 Å². The molecule has 0 aliphatic carbocycles. The summed E-state index contributed by atoms with van der Waals surface area (Å²) in [6.45, 7) is 3.19. The van der Waals surface area contributed by atoms with Gasteiger partial charge in [-0.15, -0.1) is 0 Å². The molecule has 1 unspecified atom stereocenters. The third kappa shape index (κ3) is 1.86. The molecule has 2 rings (SSSR count). The molecule has 0 radical (unpaired) electrons. The lowest BCUT2D eigenvalue weighted by molar-refractivity contribution is 0.541. The lowest BCUT2D eigenvalue weighted by Crippen LogP contribution is -2.27. The molecule has 1 aliphatic rings. The van der Waals surface area contributed by atoms with E-state index in [-0.39, 0.29) is 0 Å². The van der Waals surface area contributed by atoms with Crippen LogP contribution in [0.25, 0.3) is 5.57 Å². The van der Waals surface area contributed by atoms with Crippen LogP contribution in [0.1, 0.15) is 29.7 Å². The second-order valence-electron chi connectivity index (χ2n) is 4.11. The molecule has 16 heavy (non-hydrogen) atoms. The number of hydrogen-bond donors (Lipinski definition) is 3. The molecule has 0 amide bonds. The molecule has 0 spiro atoms. The molecule has 1 aromatic rings. The van der Waals surface area contributed by atoms with Crippen LogP contribution in [0.4, 0.5) is 0 Å². The van der Waals surface area contributed by atoms with Crippen LogP contribution in [0, 0.1) is 5.41 Å². The molecule has 0 saturated carbocycles. The molecule has 0 bridgehead atoms. The van der Waals surface area contributed by atoms with Crippen LogP contribution < -0.4 is 11.1 Å². The maximum Gasteiger partial charge on any atom is 0.0294 e. The van der Waals surface area contributed by atoms with Crippen LogP contribution in [-0.2, 0) is 6.42 Å². The van der Waals surface area contributed by atoms with Crippen molar-refractivity contribution < 1.29 is 0 Å². The minimum atomic E-state index is 0.420. The van der Waals surface area contributed by atoms with E-state index in [1.165, 1.54) is 23.5 Å². The van der Waals surface area contributed by atoms with Gasteiger partial charge in [0.15, 0.2) is 0 Å². The molecule has 1 heterocycles. The van der Waals surface area contributed by atoms with Crippen molar-refractivity contribution in [1.82, 2.24) is 5.32 Å². The van der Waals surface area contributed by atoms with Crippen LogP contribution in [0.2, 0.25) is 0 Å². The van der Waals surface area contributed by atoms with Crippen molar-refractivity contribution in [3.63, 3.8) is 0 Å². The SMILES string of the molecule is CC1NCCc2cc(/C(C=N)=C/N)ccc21. The first-order valence-electron chi connectivity index (χ1n) is 5.55. The lowest BCUT2D eigenvalue weighted by atomic mass is 9.92. The zero-order chi connectivity index (χ0) is 11.5. The fourth-order valence-corrected chi connectivity index (χ4v) is 2.19. The highest BCUT2D eigenvalue weighted by Crippen LogP contribution is 2.25. The Morgan fingerprint density at radius 3 is 3.06 bits per heavy atom. The third-order valence-corrected chi connectivity index (χ3v) is 3.12. The monoisotopic (exact) mass is 215 g/mol. The van der Waals surface area contributed by atoms with Crippen LogP contribution in [-0.4, -0.2) is 12.8 Å². The summed E-state index contributed by atoms with van der Waals surface area (Å²) in [5.74, 6) is 0. The van der Waals surface area contributed by atoms with Gasteiger partial charge in [0.25, 0.3) is 0 Å². The fourth-order valence-electron chi connectivity index (χ4n) is 2.19. The molecule has 0 aromatic heterocycles. The summed E-state index contributed by atoms with van der Waals surface area (Å²) in [7, 11) is 0. The van der Waals surface area contributed by atoms with Crippen LogP contribution in [0.15, 0.2) is 24.4 Å². The Kier molecular flexibility index (Phi) is 3.06. The molecule has 1 aromatic carbocycles. The average molecular weight is 215 g/mol. The molecule has 0 saturated heterocycles. The van der Waals surface area contributed by atoms with Crippen LogP contribution in [0.5, 0.6) is 0 Å². The zero-order valence-corrected chi connectivity index (χ0v) is 9.46. The number of fused-ring (bicyclic) bond motifs is 1. The zero-order valence-electron chi connectivity index (χ0n) is 9.46. The summed E-state index contributed by atoms with van der Waals surface area (Å²) in [6, 6.07) is 6.74. The van der Waals surface area contributed by atoms with Crippen molar-refractivity contribution in [3.8, 4) is 0 Å². The number of nitrogens with two attached hydrogens (primary N) is 1. The summed E-state index contributed by atoms with van der Waals surface area (Å²) in [5.41, 5.74) is 10.0. The fraction of sp³-hybridized carbons (Fsp3) is 0.308. The highest BCUT2D eigenvalue weighted by Gasteiger charge is 2.15. The number of nitrogens with one attached hydrogen (secondary N) is 2. The topological polar surface area (TPSA) is 61.9 Å². The largest absolute Gasteiger partial charge is 0.404 e. The average Bonchev–Trinajstić information content (AvgIpc) is 2.31. The van der Waals surface area contributed by atoms with Gasteiger partial charge in [-0.05, 0) is 36.6 Å². The van der Waals surface area contributed by atoms with Gasteiger partial charge in [0.1, 0.15) is 0 Å². The molecule has 1 atom stereocenters. The summed E-state index contributed by atoms with van der Waals surface area (Å²) < 4.78 is 0. The van der Waals surface area contributed by atoms with Gasteiger partial charge < -0.3 is 16.5 Å². The Hall–Kier alpha value is -1.61. The Balaban J connectivity index is 2.42. The summed E-state index contributed by atoms with van der Waals surface area (Å²) >= 11 is 0. The van der Waals surface area contributed by atoms with Gasteiger partial charge in [0.05, 0.1) is 0 Å². The lowest BCUT2D eigenvalue weighted by Gasteiger charge is -2.24.